The van der Waals surface area contributed by atoms with E-state index in [2.05, 4.69) is 9.89 Å². The highest BCUT2D eigenvalue weighted by Gasteiger charge is 2.14. The van der Waals surface area contributed by atoms with Crippen LogP contribution in [-0.4, -0.2) is 37.4 Å². The van der Waals surface area contributed by atoms with E-state index in [1.165, 1.54) is 12.1 Å². The van der Waals surface area contributed by atoms with Crippen molar-refractivity contribution in [2.75, 3.05) is 31.2 Å². The van der Waals surface area contributed by atoms with E-state index in [9.17, 15) is 10.1 Å². The molecule has 1 aromatic carbocycles. The van der Waals surface area contributed by atoms with Crippen molar-refractivity contribution in [3.05, 3.63) is 51.8 Å². The second-order valence-electron chi connectivity index (χ2n) is 5.26. The van der Waals surface area contributed by atoms with E-state index in [1.54, 1.807) is 19.2 Å². The molecule has 1 aromatic heterocycles. The Hall–Kier alpha value is -2.67. The molecule has 0 saturated carbocycles. The molecule has 0 N–H and O–H groups in total. The average molecular weight is 315 g/mol. The van der Waals surface area contributed by atoms with Crippen molar-refractivity contribution in [3.8, 4) is 0 Å². The van der Waals surface area contributed by atoms with Gasteiger partial charge >= 0.3 is 0 Å². The van der Waals surface area contributed by atoms with Crippen LogP contribution >= 0.6 is 0 Å². The Morgan fingerprint density at radius 2 is 2.04 bits per heavy atom. The van der Waals surface area contributed by atoms with Gasteiger partial charge in [0.05, 0.1) is 30.0 Å². The lowest BCUT2D eigenvalue weighted by atomic mass is 10.2. The summed E-state index contributed by atoms with van der Waals surface area (Å²) in [6, 6.07) is 8.36. The highest BCUT2D eigenvalue weighted by Crippen LogP contribution is 2.24. The van der Waals surface area contributed by atoms with Gasteiger partial charge < -0.3 is 14.1 Å². The molecule has 0 amide bonds. The Morgan fingerprint density at radius 1 is 1.26 bits per heavy atom. The molecule has 1 saturated heterocycles. The molecule has 7 nitrogen and oxygen atoms in total. The second-order valence-corrected chi connectivity index (χ2v) is 5.26. The Morgan fingerprint density at radius 3 is 2.74 bits per heavy atom. The molecular weight excluding hydrogens is 298 g/mol. The number of nitro groups is 1. The molecule has 0 radical (unpaired) electrons. The lowest BCUT2D eigenvalue weighted by molar-refractivity contribution is -0.384. The van der Waals surface area contributed by atoms with E-state index in [-0.39, 0.29) is 5.69 Å². The molecule has 120 valence electrons. The number of aryl methyl sites for hydroxylation is 1. The van der Waals surface area contributed by atoms with Gasteiger partial charge in [0.15, 0.2) is 5.88 Å². The molecule has 1 aliphatic rings. The molecule has 0 atom stereocenters. The standard InChI is InChI=1S/C16H17N3O4/c1-12-10-13(19(20)21)2-4-15(12)17-11-14-3-5-16(23-14)18-6-8-22-9-7-18/h2-5,10-11H,6-9H2,1H3. The van der Waals surface area contributed by atoms with Crippen molar-refractivity contribution in [1.29, 1.82) is 0 Å². The number of aliphatic imine (C=N–C) groups is 1. The molecule has 2 aromatic rings. The molecule has 0 spiro atoms. The number of morpholine rings is 1. The van der Waals surface area contributed by atoms with Gasteiger partial charge in [-0.05, 0) is 24.6 Å². The summed E-state index contributed by atoms with van der Waals surface area (Å²) < 4.78 is 11.1. The number of ether oxygens (including phenoxy) is 1. The quantitative estimate of drug-likeness (QED) is 0.492. The van der Waals surface area contributed by atoms with Gasteiger partial charge in [-0.25, -0.2) is 0 Å². The zero-order chi connectivity index (χ0) is 16.2. The summed E-state index contributed by atoms with van der Waals surface area (Å²) in [5, 5.41) is 10.7. The fourth-order valence-electron chi connectivity index (χ4n) is 2.40. The number of anilines is 1. The van der Waals surface area contributed by atoms with Crippen LogP contribution in [0, 0.1) is 17.0 Å². The maximum atomic E-state index is 10.7. The summed E-state index contributed by atoms with van der Waals surface area (Å²) in [7, 11) is 0. The summed E-state index contributed by atoms with van der Waals surface area (Å²) in [6.07, 6.45) is 1.62. The van der Waals surface area contributed by atoms with Crippen LogP contribution in [0.1, 0.15) is 11.3 Å². The number of benzene rings is 1. The van der Waals surface area contributed by atoms with Crippen LogP contribution in [-0.2, 0) is 4.74 Å². The first-order valence-corrected chi connectivity index (χ1v) is 7.35. The van der Waals surface area contributed by atoms with Crippen LogP contribution in [0.5, 0.6) is 0 Å². The Kier molecular flexibility index (Phi) is 4.38. The first-order valence-electron chi connectivity index (χ1n) is 7.35. The Labute approximate surface area is 133 Å². The van der Waals surface area contributed by atoms with Crippen molar-refractivity contribution in [2.24, 2.45) is 4.99 Å². The van der Waals surface area contributed by atoms with Crippen LogP contribution < -0.4 is 4.90 Å². The minimum absolute atomic E-state index is 0.0639. The third-order valence-corrected chi connectivity index (χ3v) is 3.66. The molecule has 23 heavy (non-hydrogen) atoms. The predicted molar refractivity (Wildman–Crippen MR) is 86.8 cm³/mol. The number of hydrogen-bond acceptors (Lipinski definition) is 6. The maximum absolute atomic E-state index is 10.7. The van der Waals surface area contributed by atoms with E-state index in [1.807, 2.05) is 12.1 Å². The van der Waals surface area contributed by atoms with Gasteiger partial charge in [0.25, 0.3) is 5.69 Å². The third kappa shape index (κ3) is 3.57. The normalized spacial score (nSPS) is 15.3. The maximum Gasteiger partial charge on any atom is 0.269 e. The van der Waals surface area contributed by atoms with Crippen LogP contribution in [0.2, 0.25) is 0 Å². The van der Waals surface area contributed by atoms with E-state index < -0.39 is 4.92 Å². The first-order chi connectivity index (χ1) is 11.1. The van der Waals surface area contributed by atoms with Crippen molar-refractivity contribution in [2.45, 2.75) is 6.92 Å². The lowest BCUT2D eigenvalue weighted by Crippen LogP contribution is -2.35. The van der Waals surface area contributed by atoms with Crippen LogP contribution in [0.4, 0.5) is 17.3 Å². The zero-order valence-corrected chi connectivity index (χ0v) is 12.8. The largest absolute Gasteiger partial charge is 0.440 e. The van der Waals surface area contributed by atoms with Gasteiger partial charge in [-0.1, -0.05) is 0 Å². The van der Waals surface area contributed by atoms with E-state index >= 15 is 0 Å². The summed E-state index contributed by atoms with van der Waals surface area (Å²) in [4.78, 5) is 16.8. The highest BCUT2D eigenvalue weighted by atomic mass is 16.6. The van der Waals surface area contributed by atoms with E-state index in [4.69, 9.17) is 9.15 Å². The molecule has 0 unspecified atom stereocenters. The van der Waals surface area contributed by atoms with E-state index in [0.29, 0.717) is 24.7 Å². The number of rotatable bonds is 4. The molecule has 3 rings (SSSR count). The number of furan rings is 1. The van der Waals surface area contributed by atoms with Crippen molar-refractivity contribution < 1.29 is 14.1 Å². The lowest BCUT2D eigenvalue weighted by Gasteiger charge is -2.26. The molecule has 2 heterocycles. The van der Waals surface area contributed by atoms with Gasteiger partial charge in [-0.15, -0.1) is 0 Å². The van der Waals surface area contributed by atoms with Crippen LogP contribution in [0.15, 0.2) is 39.7 Å². The van der Waals surface area contributed by atoms with Gasteiger partial charge in [-0.3, -0.25) is 15.1 Å². The van der Waals surface area contributed by atoms with Crippen molar-refractivity contribution >= 4 is 23.5 Å². The average Bonchev–Trinajstić information content (AvgIpc) is 3.03. The molecule has 0 bridgehead atoms. The fraction of sp³-hybridized carbons (Fsp3) is 0.312. The number of nitro benzene ring substituents is 1. The third-order valence-electron chi connectivity index (χ3n) is 3.66. The first kappa shape index (κ1) is 15.2. The molecular formula is C16H17N3O4. The van der Waals surface area contributed by atoms with Crippen LogP contribution in [0.3, 0.4) is 0 Å². The SMILES string of the molecule is Cc1cc([N+](=O)[O-])ccc1N=Cc1ccc(N2CCOCC2)o1. The number of non-ortho nitro benzene ring substituents is 1. The van der Waals surface area contributed by atoms with Crippen LogP contribution in [0.25, 0.3) is 0 Å². The topological polar surface area (TPSA) is 81.1 Å². The second kappa shape index (κ2) is 6.62. The Balaban J connectivity index is 1.73. The molecule has 1 aliphatic heterocycles. The predicted octanol–water partition coefficient (Wildman–Crippen LogP) is 3.08. The van der Waals surface area contributed by atoms with E-state index in [0.717, 1.165) is 24.5 Å². The summed E-state index contributed by atoms with van der Waals surface area (Å²) >= 11 is 0. The van der Waals surface area contributed by atoms with Gasteiger partial charge in [0, 0.05) is 31.3 Å². The number of hydrogen-bond donors (Lipinski definition) is 0. The molecule has 0 aliphatic carbocycles. The minimum atomic E-state index is -0.415. The molecule has 7 heteroatoms. The van der Waals surface area contributed by atoms with Gasteiger partial charge in [-0.2, -0.15) is 0 Å². The monoisotopic (exact) mass is 315 g/mol. The highest BCUT2D eigenvalue weighted by molar-refractivity contribution is 5.80. The van der Waals surface area contributed by atoms with Crippen molar-refractivity contribution in [3.63, 3.8) is 0 Å². The Bertz CT molecular complexity index is 733. The smallest absolute Gasteiger partial charge is 0.269 e. The summed E-state index contributed by atoms with van der Waals surface area (Å²) in [6.45, 7) is 4.82. The summed E-state index contributed by atoms with van der Waals surface area (Å²) in [5.74, 6) is 1.44. The van der Waals surface area contributed by atoms with Crippen molar-refractivity contribution in [1.82, 2.24) is 0 Å². The summed E-state index contributed by atoms with van der Waals surface area (Å²) in [5.41, 5.74) is 1.49. The fourth-order valence-corrected chi connectivity index (χ4v) is 2.40. The van der Waals surface area contributed by atoms with Gasteiger partial charge in [0.1, 0.15) is 5.76 Å². The molecule has 1 fully saturated rings. The number of nitrogens with zero attached hydrogens (tertiary/aromatic N) is 3. The van der Waals surface area contributed by atoms with Gasteiger partial charge in [0.2, 0.25) is 0 Å². The zero-order valence-electron chi connectivity index (χ0n) is 12.8. The minimum Gasteiger partial charge on any atom is -0.440 e.